The summed E-state index contributed by atoms with van der Waals surface area (Å²) in [6.45, 7) is 3.32. The van der Waals surface area contributed by atoms with E-state index in [-0.39, 0.29) is 19.0 Å². The van der Waals surface area contributed by atoms with E-state index in [0.717, 1.165) is 0 Å². The molecule has 2 saturated heterocycles. The molecule has 1 atom stereocenters. The summed E-state index contributed by atoms with van der Waals surface area (Å²) in [6.07, 6.45) is -0.570. The number of halogens is 2. The molecule has 0 aromatic carbocycles. The van der Waals surface area contributed by atoms with Crippen molar-refractivity contribution in [1.82, 2.24) is 9.80 Å². The Morgan fingerprint density at radius 3 is 2.35 bits per heavy atom. The Kier molecular flexibility index (Phi) is 3.94. The van der Waals surface area contributed by atoms with Crippen LogP contribution in [-0.2, 0) is 0 Å². The summed E-state index contributed by atoms with van der Waals surface area (Å²) < 4.78 is 27.3. The first-order valence-corrected chi connectivity index (χ1v) is 6.92. The molecule has 2 aliphatic rings. The Morgan fingerprint density at radius 2 is 1.90 bits per heavy atom. The third-order valence-corrected chi connectivity index (χ3v) is 4.31. The average Bonchev–Trinajstić information content (AvgIpc) is 2.65. The van der Waals surface area contributed by atoms with Gasteiger partial charge in [0.05, 0.1) is 12.1 Å². The van der Waals surface area contributed by atoms with Gasteiger partial charge in [-0.05, 0) is 26.7 Å². The summed E-state index contributed by atoms with van der Waals surface area (Å²) in [4.78, 5) is 13.6. The first kappa shape index (κ1) is 15.4. The van der Waals surface area contributed by atoms with Gasteiger partial charge in [-0.15, -0.1) is 0 Å². The molecule has 1 N–H and O–H groups in total. The quantitative estimate of drug-likeness (QED) is 0.793. The van der Waals surface area contributed by atoms with Crippen molar-refractivity contribution >= 4 is 6.09 Å². The Hall–Kier alpha value is -0.950. The molecule has 2 heterocycles. The van der Waals surface area contributed by atoms with Crippen LogP contribution in [0.25, 0.3) is 0 Å². The van der Waals surface area contributed by atoms with Crippen molar-refractivity contribution in [3.8, 4) is 0 Å². The van der Waals surface area contributed by atoms with Crippen molar-refractivity contribution in [3.05, 3.63) is 0 Å². The monoisotopic (exact) mass is 291 g/mol. The minimum atomic E-state index is -2.80. The van der Waals surface area contributed by atoms with Crippen LogP contribution in [0.2, 0.25) is 0 Å². The van der Waals surface area contributed by atoms with Crippen molar-refractivity contribution in [2.45, 2.75) is 56.7 Å². The summed E-state index contributed by atoms with van der Waals surface area (Å²) in [5.41, 5.74) is -1.20. The fraction of sp³-hybridized carbons (Fsp3) is 0.923. The molecule has 7 heteroatoms. The van der Waals surface area contributed by atoms with E-state index in [0.29, 0.717) is 25.9 Å². The molecule has 2 fully saturated rings. The molecule has 20 heavy (non-hydrogen) atoms. The number of likely N-dealkylation sites (tertiary alicyclic amines) is 2. The molecule has 0 saturated carbocycles. The van der Waals surface area contributed by atoms with Crippen molar-refractivity contribution < 1.29 is 23.8 Å². The standard InChI is InChI=1S/C13H22F2N2O3/c1-12(2,20)10-7-13(14,15)8-17(10)9-3-5-16(6-4-9)11(18)19/h9-10,20H,3-8H2,1-2H3,(H,18,19)/p-1/t10-/m1/s1. The first-order chi connectivity index (χ1) is 9.10. The normalized spacial score (nSPS) is 28.9. The maximum Gasteiger partial charge on any atom is 0.262 e. The number of carbonyl (C=O) groups excluding carboxylic acids is 1. The van der Waals surface area contributed by atoms with Crippen LogP contribution in [0.3, 0.4) is 0 Å². The minimum Gasteiger partial charge on any atom is -0.530 e. The topological polar surface area (TPSA) is 66.8 Å². The zero-order valence-electron chi connectivity index (χ0n) is 11.8. The van der Waals surface area contributed by atoms with Gasteiger partial charge in [-0.3, -0.25) is 4.90 Å². The summed E-state index contributed by atoms with van der Waals surface area (Å²) in [6, 6.07) is -0.715. The number of hydrogen-bond donors (Lipinski definition) is 1. The van der Waals surface area contributed by atoms with Crippen LogP contribution in [0.1, 0.15) is 33.1 Å². The van der Waals surface area contributed by atoms with Crippen LogP contribution in [0.4, 0.5) is 13.6 Å². The predicted molar refractivity (Wildman–Crippen MR) is 66.3 cm³/mol. The van der Waals surface area contributed by atoms with E-state index in [9.17, 15) is 23.8 Å². The largest absolute Gasteiger partial charge is 0.530 e. The fourth-order valence-corrected chi connectivity index (χ4v) is 3.26. The highest BCUT2D eigenvalue weighted by Crippen LogP contribution is 2.39. The molecule has 0 unspecified atom stereocenters. The Bertz CT molecular complexity index is 376. The van der Waals surface area contributed by atoms with Crippen molar-refractivity contribution in [3.63, 3.8) is 0 Å². The van der Waals surface area contributed by atoms with Crippen LogP contribution < -0.4 is 5.11 Å². The van der Waals surface area contributed by atoms with E-state index in [1.54, 1.807) is 18.7 Å². The van der Waals surface area contributed by atoms with Gasteiger partial charge in [0.25, 0.3) is 5.92 Å². The Labute approximate surface area is 117 Å². The number of piperidine rings is 1. The van der Waals surface area contributed by atoms with Crippen molar-refractivity contribution in [2.24, 2.45) is 0 Å². The van der Waals surface area contributed by atoms with E-state index in [4.69, 9.17) is 0 Å². The van der Waals surface area contributed by atoms with Gasteiger partial charge in [-0.25, -0.2) is 8.78 Å². The van der Waals surface area contributed by atoms with E-state index in [1.165, 1.54) is 4.90 Å². The van der Waals surface area contributed by atoms with E-state index < -0.39 is 23.7 Å². The number of amides is 1. The maximum absolute atomic E-state index is 13.7. The number of aliphatic hydroxyl groups is 1. The van der Waals surface area contributed by atoms with Gasteiger partial charge in [0.15, 0.2) is 0 Å². The first-order valence-electron chi connectivity index (χ1n) is 6.92. The minimum absolute atomic E-state index is 0.115. The van der Waals surface area contributed by atoms with Gasteiger partial charge >= 0.3 is 0 Å². The average molecular weight is 291 g/mol. The van der Waals surface area contributed by atoms with Crippen LogP contribution in [0.15, 0.2) is 0 Å². The SMILES string of the molecule is CC(C)(O)[C@H]1CC(F)(F)CN1C1CCN(C(=O)[O-])CC1. The lowest BCUT2D eigenvalue weighted by Gasteiger charge is -2.42. The lowest BCUT2D eigenvalue weighted by atomic mass is 9.93. The van der Waals surface area contributed by atoms with E-state index in [2.05, 4.69) is 0 Å². The predicted octanol–water partition coefficient (Wildman–Crippen LogP) is 0.275. The van der Waals surface area contributed by atoms with Gasteiger partial charge in [-0.1, -0.05) is 0 Å². The molecule has 2 aliphatic heterocycles. The zero-order chi connectivity index (χ0) is 15.1. The molecule has 0 aromatic rings. The van der Waals surface area contributed by atoms with Crippen molar-refractivity contribution in [2.75, 3.05) is 19.6 Å². The Balaban J connectivity index is 2.06. The number of carbonyl (C=O) groups is 1. The molecule has 0 bridgehead atoms. The summed E-state index contributed by atoms with van der Waals surface area (Å²) in [7, 11) is 0. The van der Waals surface area contributed by atoms with E-state index in [1.807, 2.05) is 0 Å². The highest BCUT2D eigenvalue weighted by atomic mass is 19.3. The lowest BCUT2D eigenvalue weighted by Crippen LogP contribution is -2.55. The van der Waals surface area contributed by atoms with Gasteiger partial charge in [0.2, 0.25) is 0 Å². The van der Waals surface area contributed by atoms with Crippen LogP contribution in [0, 0.1) is 0 Å². The number of alkyl halides is 2. The molecule has 2 rings (SSSR count). The number of carboxylic acid groups (broad SMARTS) is 1. The van der Waals surface area contributed by atoms with Gasteiger partial charge in [0.1, 0.15) is 6.09 Å². The number of nitrogens with zero attached hydrogens (tertiary/aromatic N) is 2. The van der Waals surface area contributed by atoms with Gasteiger partial charge in [-0.2, -0.15) is 0 Å². The molecule has 0 aromatic heterocycles. The van der Waals surface area contributed by atoms with Crippen LogP contribution in [-0.4, -0.2) is 64.2 Å². The molecule has 0 spiro atoms. The third-order valence-electron chi connectivity index (χ3n) is 4.31. The summed E-state index contributed by atoms with van der Waals surface area (Å²) in [5, 5.41) is 20.9. The van der Waals surface area contributed by atoms with Crippen LogP contribution in [0.5, 0.6) is 0 Å². The molecular weight excluding hydrogens is 270 g/mol. The second kappa shape index (κ2) is 5.11. The summed E-state index contributed by atoms with van der Waals surface area (Å²) in [5.74, 6) is -2.80. The second-order valence-electron chi connectivity index (χ2n) is 6.39. The fourth-order valence-electron chi connectivity index (χ4n) is 3.26. The van der Waals surface area contributed by atoms with Crippen LogP contribution >= 0.6 is 0 Å². The molecule has 0 aliphatic carbocycles. The highest BCUT2D eigenvalue weighted by molar-refractivity contribution is 5.62. The smallest absolute Gasteiger partial charge is 0.262 e. The van der Waals surface area contributed by atoms with Crippen molar-refractivity contribution in [1.29, 1.82) is 0 Å². The molecule has 116 valence electrons. The molecular formula is C13H21F2N2O3-. The molecule has 5 nitrogen and oxygen atoms in total. The highest BCUT2D eigenvalue weighted by Gasteiger charge is 2.52. The third kappa shape index (κ3) is 3.20. The summed E-state index contributed by atoms with van der Waals surface area (Å²) >= 11 is 0. The maximum atomic E-state index is 13.7. The molecule has 1 amide bonds. The number of rotatable bonds is 2. The number of hydrogen-bond acceptors (Lipinski definition) is 4. The second-order valence-corrected chi connectivity index (χ2v) is 6.39. The van der Waals surface area contributed by atoms with Gasteiger partial charge < -0.3 is 19.9 Å². The Morgan fingerprint density at radius 1 is 1.35 bits per heavy atom. The molecule has 0 radical (unpaired) electrons. The zero-order valence-corrected chi connectivity index (χ0v) is 11.8. The lowest BCUT2D eigenvalue weighted by molar-refractivity contribution is -0.266. The van der Waals surface area contributed by atoms with E-state index >= 15 is 0 Å². The van der Waals surface area contributed by atoms with Gasteiger partial charge in [0, 0.05) is 31.6 Å².